The van der Waals surface area contributed by atoms with Gasteiger partial charge in [0.05, 0.1) is 0 Å². The summed E-state index contributed by atoms with van der Waals surface area (Å²) in [5.74, 6) is 0. The number of nitrogens with one attached hydrogen (secondary N) is 3. The largest absolute Gasteiger partial charge is 0.221 e. The van der Waals surface area contributed by atoms with E-state index >= 15 is 0 Å². The molecule has 4 heteroatoms. The van der Waals surface area contributed by atoms with Gasteiger partial charge in [0.1, 0.15) is 0 Å². The lowest BCUT2D eigenvalue weighted by atomic mass is 10.0. The highest BCUT2D eigenvalue weighted by molar-refractivity contribution is 4.79. The highest BCUT2D eigenvalue weighted by atomic mass is 15.9. The van der Waals surface area contributed by atoms with Crippen molar-refractivity contribution in [2.24, 2.45) is 0 Å². The summed E-state index contributed by atoms with van der Waals surface area (Å²) in [7, 11) is 0. The molecule has 0 spiro atoms. The molecule has 0 aromatic carbocycles. The third-order valence-electron chi connectivity index (χ3n) is 3.90. The van der Waals surface area contributed by atoms with Gasteiger partial charge in [-0.25, -0.2) is 16.3 Å². The molecule has 0 fully saturated rings. The van der Waals surface area contributed by atoms with E-state index in [0.717, 1.165) is 19.3 Å². The molecule has 0 aliphatic carbocycles. The predicted molar refractivity (Wildman–Crippen MR) is 84.4 cm³/mol. The lowest BCUT2D eigenvalue weighted by molar-refractivity contribution is -0.0551. The minimum atomic E-state index is 0.0492. The molecular formula is C15H36N4. The van der Waals surface area contributed by atoms with E-state index in [4.69, 9.17) is 0 Å². The summed E-state index contributed by atoms with van der Waals surface area (Å²) in [6, 6.07) is 0. The van der Waals surface area contributed by atoms with Gasteiger partial charge in [-0.2, -0.15) is 0 Å². The van der Waals surface area contributed by atoms with Gasteiger partial charge < -0.3 is 0 Å². The quantitative estimate of drug-likeness (QED) is 0.563. The molecule has 116 valence electrons. The minimum absolute atomic E-state index is 0.0492. The maximum atomic E-state index is 3.54. The van der Waals surface area contributed by atoms with Gasteiger partial charge in [0, 0.05) is 16.6 Å². The highest BCUT2D eigenvalue weighted by Crippen LogP contribution is 2.13. The summed E-state index contributed by atoms with van der Waals surface area (Å²) in [6.45, 7) is 19.8. The van der Waals surface area contributed by atoms with Gasteiger partial charge in [0.15, 0.2) is 0 Å². The van der Waals surface area contributed by atoms with Crippen molar-refractivity contribution in [3.63, 3.8) is 0 Å². The molecule has 0 heterocycles. The molecule has 3 N–H and O–H groups in total. The van der Waals surface area contributed by atoms with E-state index in [9.17, 15) is 0 Å². The molecule has 0 aromatic heterocycles. The van der Waals surface area contributed by atoms with Crippen LogP contribution in [0.1, 0.15) is 81.6 Å². The van der Waals surface area contributed by atoms with Crippen LogP contribution >= 0.6 is 0 Å². The molecule has 4 nitrogen and oxygen atoms in total. The van der Waals surface area contributed by atoms with Crippen molar-refractivity contribution >= 4 is 0 Å². The molecule has 0 saturated carbocycles. The number of hydrogen-bond acceptors (Lipinski definition) is 4. The fourth-order valence-electron chi connectivity index (χ4n) is 1.23. The third kappa shape index (κ3) is 7.88. The van der Waals surface area contributed by atoms with Crippen molar-refractivity contribution < 1.29 is 0 Å². The Kier molecular flexibility index (Phi) is 6.96. The zero-order chi connectivity index (χ0) is 15.3. The predicted octanol–water partition coefficient (Wildman–Crippen LogP) is 3.37. The van der Waals surface area contributed by atoms with E-state index in [1.807, 2.05) is 5.23 Å². The van der Waals surface area contributed by atoms with Crippen molar-refractivity contribution in [2.75, 3.05) is 0 Å². The molecule has 0 aliphatic rings. The third-order valence-corrected chi connectivity index (χ3v) is 3.90. The van der Waals surface area contributed by atoms with Gasteiger partial charge in [-0.3, -0.25) is 0 Å². The first-order chi connectivity index (χ1) is 8.47. The van der Waals surface area contributed by atoms with Crippen molar-refractivity contribution in [3.8, 4) is 0 Å². The number of rotatable bonds is 9. The van der Waals surface area contributed by atoms with Crippen molar-refractivity contribution in [2.45, 2.75) is 98.2 Å². The van der Waals surface area contributed by atoms with Crippen LogP contribution in [-0.4, -0.2) is 21.8 Å². The van der Waals surface area contributed by atoms with E-state index in [1.165, 1.54) is 0 Å². The lowest BCUT2D eigenvalue weighted by Gasteiger charge is -2.42. The van der Waals surface area contributed by atoms with Gasteiger partial charge in [-0.05, 0) is 60.8 Å². The fraction of sp³-hybridized carbons (Fsp3) is 1.00. The van der Waals surface area contributed by atoms with Crippen molar-refractivity contribution in [1.82, 2.24) is 21.5 Å². The standard InChI is InChI=1S/C15H36N4/c1-10-13(4,5)16-19(17-14(6,7)11-2)18-15(8,9)12-3/h16-18H,10-12H2,1-9H3. The number of hydrogen-bond donors (Lipinski definition) is 3. The Morgan fingerprint density at radius 3 is 0.947 bits per heavy atom. The fourth-order valence-corrected chi connectivity index (χ4v) is 1.23. The van der Waals surface area contributed by atoms with Gasteiger partial charge in [-0.1, -0.05) is 20.8 Å². The zero-order valence-corrected chi connectivity index (χ0v) is 14.6. The number of nitrogens with zero attached hydrogens (tertiary/aromatic N) is 1. The molecule has 0 amide bonds. The second kappa shape index (κ2) is 7.02. The van der Waals surface area contributed by atoms with Crippen molar-refractivity contribution in [1.29, 1.82) is 0 Å². The average Bonchev–Trinajstić information content (AvgIpc) is 2.27. The van der Waals surface area contributed by atoms with Crippen LogP contribution in [-0.2, 0) is 0 Å². The van der Waals surface area contributed by atoms with E-state index in [1.54, 1.807) is 0 Å². The molecule has 0 atom stereocenters. The summed E-state index contributed by atoms with van der Waals surface area (Å²) in [5, 5.41) is 1.97. The Bertz CT molecular complexity index is 216. The summed E-state index contributed by atoms with van der Waals surface area (Å²) < 4.78 is 0. The summed E-state index contributed by atoms with van der Waals surface area (Å²) in [6.07, 6.45) is 3.18. The average molecular weight is 272 g/mol. The van der Waals surface area contributed by atoms with Crippen LogP contribution in [0, 0.1) is 0 Å². The Labute approximate surface area is 120 Å². The van der Waals surface area contributed by atoms with Gasteiger partial charge in [0.25, 0.3) is 0 Å². The van der Waals surface area contributed by atoms with Crippen LogP contribution in [0.5, 0.6) is 0 Å². The molecular weight excluding hydrogens is 236 g/mol. The maximum Gasteiger partial charge on any atom is 0.0294 e. The molecule has 0 rings (SSSR count). The monoisotopic (exact) mass is 272 g/mol. The molecule has 0 saturated heterocycles. The van der Waals surface area contributed by atoms with E-state index in [0.29, 0.717) is 0 Å². The Morgan fingerprint density at radius 2 is 0.789 bits per heavy atom. The van der Waals surface area contributed by atoms with Crippen LogP contribution in [0.25, 0.3) is 0 Å². The Hall–Kier alpha value is -0.160. The van der Waals surface area contributed by atoms with Crippen LogP contribution in [0.4, 0.5) is 0 Å². The van der Waals surface area contributed by atoms with Gasteiger partial charge in [0.2, 0.25) is 0 Å². The zero-order valence-electron chi connectivity index (χ0n) is 14.6. The first-order valence-corrected chi connectivity index (χ1v) is 7.60. The second-order valence-corrected chi connectivity index (χ2v) is 7.38. The molecule has 0 aromatic rings. The Morgan fingerprint density at radius 1 is 0.579 bits per heavy atom. The van der Waals surface area contributed by atoms with Crippen LogP contribution < -0.4 is 16.3 Å². The SMILES string of the molecule is CCC(C)(C)NN(NC(C)(C)CC)NC(C)(C)CC. The number of hydrazine groups is 3. The minimum Gasteiger partial charge on any atom is -0.221 e. The molecule has 19 heavy (non-hydrogen) atoms. The topological polar surface area (TPSA) is 39.3 Å². The maximum absolute atomic E-state index is 3.54. The highest BCUT2D eigenvalue weighted by Gasteiger charge is 2.27. The summed E-state index contributed by atoms with van der Waals surface area (Å²) >= 11 is 0. The van der Waals surface area contributed by atoms with Crippen LogP contribution in [0.3, 0.4) is 0 Å². The van der Waals surface area contributed by atoms with Gasteiger partial charge >= 0.3 is 0 Å². The van der Waals surface area contributed by atoms with E-state index < -0.39 is 0 Å². The van der Waals surface area contributed by atoms with Crippen LogP contribution in [0.2, 0.25) is 0 Å². The molecule has 0 bridgehead atoms. The molecule has 0 unspecified atom stereocenters. The van der Waals surface area contributed by atoms with Crippen molar-refractivity contribution in [3.05, 3.63) is 0 Å². The van der Waals surface area contributed by atoms with E-state index in [2.05, 4.69) is 78.6 Å². The normalized spacial score (nSPS) is 14.2. The summed E-state index contributed by atoms with van der Waals surface area (Å²) in [5.41, 5.74) is 10.8. The van der Waals surface area contributed by atoms with Crippen LogP contribution in [0.15, 0.2) is 0 Å². The second-order valence-electron chi connectivity index (χ2n) is 7.38. The summed E-state index contributed by atoms with van der Waals surface area (Å²) in [4.78, 5) is 0. The Balaban J connectivity index is 4.84. The molecule has 0 radical (unpaired) electrons. The van der Waals surface area contributed by atoms with E-state index in [-0.39, 0.29) is 16.6 Å². The molecule has 0 aliphatic heterocycles. The smallest absolute Gasteiger partial charge is 0.0294 e. The van der Waals surface area contributed by atoms with Gasteiger partial charge in [-0.15, -0.1) is 5.23 Å². The first-order valence-electron chi connectivity index (χ1n) is 7.60. The lowest BCUT2D eigenvalue weighted by Crippen LogP contribution is -2.69. The first kappa shape index (κ1) is 18.8.